The predicted octanol–water partition coefficient (Wildman–Crippen LogP) is 2.46. The lowest BCUT2D eigenvalue weighted by Gasteiger charge is -2.12. The number of aromatic nitrogens is 2. The second-order valence-corrected chi connectivity index (χ2v) is 4.21. The highest BCUT2D eigenvalue weighted by atomic mass is 79.9. The van der Waals surface area contributed by atoms with Crippen molar-refractivity contribution < 1.29 is 0 Å². The van der Waals surface area contributed by atoms with Gasteiger partial charge in [-0.05, 0) is 18.2 Å². The molecular formula is C10H10BrN3. The van der Waals surface area contributed by atoms with Gasteiger partial charge in [0, 0.05) is 29.3 Å². The van der Waals surface area contributed by atoms with Gasteiger partial charge in [-0.1, -0.05) is 15.9 Å². The topological polar surface area (TPSA) is 29.0 Å². The lowest BCUT2D eigenvalue weighted by atomic mass is 10.2. The van der Waals surface area contributed by atoms with Gasteiger partial charge in [-0.25, -0.2) is 0 Å². The van der Waals surface area contributed by atoms with Gasteiger partial charge in [0.15, 0.2) is 5.82 Å². The number of rotatable bonds is 1. The number of anilines is 1. The molecule has 1 aromatic carbocycles. The first-order valence-corrected chi connectivity index (χ1v) is 5.06. The molecule has 72 valence electrons. The van der Waals surface area contributed by atoms with E-state index >= 15 is 0 Å². The predicted molar refractivity (Wildman–Crippen MR) is 61.6 cm³/mol. The fourth-order valence-electron chi connectivity index (χ4n) is 1.37. The highest BCUT2D eigenvalue weighted by Crippen LogP contribution is 2.24. The van der Waals surface area contributed by atoms with Crippen molar-refractivity contribution in [2.45, 2.75) is 0 Å². The molecule has 0 aliphatic carbocycles. The lowest BCUT2D eigenvalue weighted by Crippen LogP contribution is -2.11. The molecule has 0 aliphatic rings. The van der Waals surface area contributed by atoms with Gasteiger partial charge in [0.25, 0.3) is 0 Å². The molecule has 2 rings (SSSR count). The summed E-state index contributed by atoms with van der Waals surface area (Å²) >= 11 is 3.43. The van der Waals surface area contributed by atoms with Crippen molar-refractivity contribution in [3.8, 4) is 0 Å². The Hall–Kier alpha value is -1.16. The van der Waals surface area contributed by atoms with E-state index in [2.05, 4.69) is 26.1 Å². The second-order valence-electron chi connectivity index (χ2n) is 3.29. The molecule has 0 spiro atoms. The summed E-state index contributed by atoms with van der Waals surface area (Å²) in [6.07, 6.45) is 1.77. The van der Waals surface area contributed by atoms with E-state index in [0.717, 1.165) is 21.1 Å². The van der Waals surface area contributed by atoms with Crippen molar-refractivity contribution in [1.82, 2.24) is 10.2 Å². The van der Waals surface area contributed by atoms with E-state index in [4.69, 9.17) is 0 Å². The zero-order valence-corrected chi connectivity index (χ0v) is 9.62. The van der Waals surface area contributed by atoms with Crippen molar-refractivity contribution in [3.05, 3.63) is 28.9 Å². The number of hydrogen-bond acceptors (Lipinski definition) is 3. The molecule has 0 N–H and O–H groups in total. The van der Waals surface area contributed by atoms with Crippen LogP contribution in [0, 0.1) is 0 Å². The fourth-order valence-corrected chi connectivity index (χ4v) is 1.75. The lowest BCUT2D eigenvalue weighted by molar-refractivity contribution is 0.981. The Morgan fingerprint density at radius 2 is 2.07 bits per heavy atom. The molecule has 1 aromatic heterocycles. The van der Waals surface area contributed by atoms with E-state index in [-0.39, 0.29) is 0 Å². The molecule has 0 saturated carbocycles. The Balaban J connectivity index is 2.75. The zero-order valence-electron chi connectivity index (χ0n) is 8.03. The first kappa shape index (κ1) is 9.40. The molecular weight excluding hydrogens is 242 g/mol. The van der Waals surface area contributed by atoms with Crippen LogP contribution in [0.15, 0.2) is 28.9 Å². The number of fused-ring (bicyclic) bond motifs is 1. The average molecular weight is 252 g/mol. The molecule has 14 heavy (non-hydrogen) atoms. The highest BCUT2D eigenvalue weighted by Gasteiger charge is 2.04. The first-order chi connectivity index (χ1) is 6.68. The minimum absolute atomic E-state index is 0.898. The van der Waals surface area contributed by atoms with Crippen LogP contribution in [0.5, 0.6) is 0 Å². The van der Waals surface area contributed by atoms with Crippen LogP contribution in [0.2, 0.25) is 0 Å². The zero-order chi connectivity index (χ0) is 10.1. The smallest absolute Gasteiger partial charge is 0.158 e. The molecule has 0 unspecified atom stereocenters. The maximum atomic E-state index is 4.10. The third-order valence-electron chi connectivity index (χ3n) is 2.03. The SMILES string of the molecule is CN(C)c1nncc2cc(Br)ccc12. The van der Waals surface area contributed by atoms with Crippen molar-refractivity contribution >= 4 is 32.5 Å². The van der Waals surface area contributed by atoms with Crippen molar-refractivity contribution in [1.29, 1.82) is 0 Å². The van der Waals surface area contributed by atoms with Gasteiger partial charge in [0.2, 0.25) is 0 Å². The third-order valence-corrected chi connectivity index (χ3v) is 2.52. The van der Waals surface area contributed by atoms with Crippen LogP contribution in [-0.4, -0.2) is 24.3 Å². The summed E-state index contributed by atoms with van der Waals surface area (Å²) in [5.74, 6) is 0.898. The summed E-state index contributed by atoms with van der Waals surface area (Å²) in [7, 11) is 3.93. The minimum Gasteiger partial charge on any atom is -0.361 e. The van der Waals surface area contributed by atoms with Crippen LogP contribution in [0.4, 0.5) is 5.82 Å². The minimum atomic E-state index is 0.898. The summed E-state index contributed by atoms with van der Waals surface area (Å²) < 4.78 is 1.06. The van der Waals surface area contributed by atoms with E-state index in [1.54, 1.807) is 6.20 Å². The van der Waals surface area contributed by atoms with E-state index < -0.39 is 0 Å². The fraction of sp³-hybridized carbons (Fsp3) is 0.200. The van der Waals surface area contributed by atoms with Crippen molar-refractivity contribution in [3.63, 3.8) is 0 Å². The van der Waals surface area contributed by atoms with Crippen LogP contribution < -0.4 is 4.90 Å². The first-order valence-electron chi connectivity index (χ1n) is 4.27. The summed E-state index contributed by atoms with van der Waals surface area (Å²) in [5, 5.41) is 10.3. The van der Waals surface area contributed by atoms with Crippen LogP contribution >= 0.6 is 15.9 Å². The number of hydrogen-bond donors (Lipinski definition) is 0. The van der Waals surface area contributed by atoms with Crippen molar-refractivity contribution in [2.75, 3.05) is 19.0 Å². The summed E-state index contributed by atoms with van der Waals surface area (Å²) in [4.78, 5) is 1.96. The average Bonchev–Trinajstić information content (AvgIpc) is 2.16. The number of benzene rings is 1. The highest BCUT2D eigenvalue weighted by molar-refractivity contribution is 9.10. The molecule has 2 aromatic rings. The molecule has 0 atom stereocenters. The standard InChI is InChI=1S/C10H10BrN3/c1-14(2)10-9-4-3-8(11)5-7(9)6-12-13-10/h3-6H,1-2H3. The molecule has 0 saturated heterocycles. The molecule has 0 fully saturated rings. The van der Waals surface area contributed by atoms with E-state index in [0.29, 0.717) is 0 Å². The Morgan fingerprint density at radius 1 is 1.29 bits per heavy atom. The van der Waals surface area contributed by atoms with Gasteiger partial charge in [0.1, 0.15) is 0 Å². The molecule has 0 aliphatic heterocycles. The van der Waals surface area contributed by atoms with E-state index in [9.17, 15) is 0 Å². The van der Waals surface area contributed by atoms with Crippen LogP contribution in [0.3, 0.4) is 0 Å². The molecule has 4 heteroatoms. The maximum absolute atomic E-state index is 4.10. The second kappa shape index (κ2) is 3.53. The Bertz CT molecular complexity index is 468. The van der Waals surface area contributed by atoms with Gasteiger partial charge in [-0.2, -0.15) is 5.10 Å². The third kappa shape index (κ3) is 1.57. The summed E-state index contributed by atoms with van der Waals surface area (Å²) in [6, 6.07) is 6.09. The van der Waals surface area contributed by atoms with Gasteiger partial charge in [-0.3, -0.25) is 0 Å². The van der Waals surface area contributed by atoms with Crippen LogP contribution in [-0.2, 0) is 0 Å². The molecule has 1 heterocycles. The number of nitrogens with zero attached hydrogens (tertiary/aromatic N) is 3. The van der Waals surface area contributed by atoms with Gasteiger partial charge >= 0.3 is 0 Å². The maximum Gasteiger partial charge on any atom is 0.158 e. The Labute approximate surface area is 90.9 Å². The summed E-state index contributed by atoms with van der Waals surface area (Å²) in [6.45, 7) is 0. The summed E-state index contributed by atoms with van der Waals surface area (Å²) in [5.41, 5.74) is 0. The van der Waals surface area contributed by atoms with Gasteiger partial charge in [-0.15, -0.1) is 5.10 Å². The molecule has 0 radical (unpaired) electrons. The van der Waals surface area contributed by atoms with Gasteiger partial charge < -0.3 is 4.90 Å². The Morgan fingerprint density at radius 3 is 2.79 bits per heavy atom. The molecule has 0 amide bonds. The quantitative estimate of drug-likeness (QED) is 0.780. The molecule has 0 bridgehead atoms. The van der Waals surface area contributed by atoms with Gasteiger partial charge in [0.05, 0.1) is 6.20 Å². The monoisotopic (exact) mass is 251 g/mol. The number of halogens is 1. The normalized spacial score (nSPS) is 10.5. The van der Waals surface area contributed by atoms with Crippen molar-refractivity contribution in [2.24, 2.45) is 0 Å². The van der Waals surface area contributed by atoms with E-state index in [1.165, 1.54) is 0 Å². The Kier molecular flexibility index (Phi) is 2.37. The molecule has 3 nitrogen and oxygen atoms in total. The largest absolute Gasteiger partial charge is 0.361 e. The van der Waals surface area contributed by atoms with Crippen LogP contribution in [0.25, 0.3) is 10.8 Å². The van der Waals surface area contributed by atoms with Crippen LogP contribution in [0.1, 0.15) is 0 Å². The van der Waals surface area contributed by atoms with E-state index in [1.807, 2.05) is 37.2 Å².